The van der Waals surface area contributed by atoms with Gasteiger partial charge < -0.3 is 5.32 Å². The maximum absolute atomic E-state index is 13.6. The number of halogens is 3. The summed E-state index contributed by atoms with van der Waals surface area (Å²) < 4.78 is 13.6. The minimum absolute atomic E-state index is 0.140. The van der Waals surface area contributed by atoms with Crippen LogP contribution in [-0.2, 0) is 0 Å². The van der Waals surface area contributed by atoms with Crippen molar-refractivity contribution in [3.8, 4) is 0 Å². The molecule has 0 radical (unpaired) electrons. The lowest BCUT2D eigenvalue weighted by Crippen LogP contribution is -2.15. The van der Waals surface area contributed by atoms with Crippen molar-refractivity contribution in [3.05, 3.63) is 67.9 Å². The predicted octanol–water partition coefficient (Wildman–Crippen LogP) is 4.29. The zero-order valence-corrected chi connectivity index (χ0v) is 11.8. The summed E-state index contributed by atoms with van der Waals surface area (Å²) in [6, 6.07) is 7.19. The summed E-state index contributed by atoms with van der Waals surface area (Å²) in [5, 5.41) is 13.5. The summed E-state index contributed by atoms with van der Waals surface area (Å²) >= 11 is 11.3. The Bertz CT molecular complexity index is 737. The second kappa shape index (κ2) is 6.07. The number of nitrogens with one attached hydrogen (secondary N) is 1. The number of nitrogens with zero attached hydrogens (tertiary/aromatic N) is 1. The molecule has 0 aliphatic heterocycles. The summed E-state index contributed by atoms with van der Waals surface area (Å²) in [4.78, 5) is 22.2. The van der Waals surface area contributed by atoms with Crippen LogP contribution in [0.3, 0.4) is 0 Å². The number of carbonyl (C=O) groups excluding carboxylic acids is 1. The van der Waals surface area contributed by atoms with E-state index >= 15 is 0 Å². The molecule has 8 heteroatoms. The van der Waals surface area contributed by atoms with Crippen LogP contribution in [0.15, 0.2) is 36.4 Å². The van der Waals surface area contributed by atoms with E-state index in [1.54, 1.807) is 0 Å². The lowest BCUT2D eigenvalue weighted by atomic mass is 10.1. The van der Waals surface area contributed by atoms with Gasteiger partial charge in [-0.25, -0.2) is 4.39 Å². The molecule has 0 unspecified atom stereocenters. The second-order valence-electron chi connectivity index (χ2n) is 4.00. The first kappa shape index (κ1) is 15.2. The molecule has 0 aliphatic rings. The number of carbonyl (C=O) groups is 1. The van der Waals surface area contributed by atoms with Gasteiger partial charge in [-0.3, -0.25) is 14.9 Å². The summed E-state index contributed by atoms with van der Waals surface area (Å²) in [6.45, 7) is 0. The Kier molecular flexibility index (Phi) is 4.40. The molecule has 5 nitrogen and oxygen atoms in total. The van der Waals surface area contributed by atoms with Gasteiger partial charge in [0.05, 0.1) is 10.6 Å². The van der Waals surface area contributed by atoms with E-state index in [1.165, 1.54) is 18.2 Å². The van der Waals surface area contributed by atoms with Gasteiger partial charge >= 0.3 is 0 Å². The molecule has 2 aromatic rings. The van der Waals surface area contributed by atoms with E-state index in [2.05, 4.69) is 5.32 Å². The summed E-state index contributed by atoms with van der Waals surface area (Å²) in [5.41, 5.74) is -0.827. The molecule has 0 spiro atoms. The molecule has 0 bridgehead atoms. The Hall–Kier alpha value is -2.18. The Morgan fingerprint density at radius 3 is 2.38 bits per heavy atom. The summed E-state index contributed by atoms with van der Waals surface area (Å²) in [5.74, 6) is -1.59. The fourth-order valence-corrected chi connectivity index (χ4v) is 1.96. The van der Waals surface area contributed by atoms with Gasteiger partial charge in [0.25, 0.3) is 11.6 Å². The van der Waals surface area contributed by atoms with Gasteiger partial charge in [0.2, 0.25) is 0 Å². The first-order chi connectivity index (χ1) is 9.88. The van der Waals surface area contributed by atoms with Crippen molar-refractivity contribution in [1.82, 2.24) is 0 Å². The third kappa shape index (κ3) is 3.48. The van der Waals surface area contributed by atoms with Crippen LogP contribution >= 0.6 is 23.2 Å². The third-order valence-corrected chi connectivity index (χ3v) is 3.05. The zero-order chi connectivity index (χ0) is 15.6. The minimum Gasteiger partial charge on any atom is -0.319 e. The monoisotopic (exact) mass is 328 g/mol. The van der Waals surface area contributed by atoms with Crippen LogP contribution in [0.1, 0.15) is 10.4 Å². The molecule has 2 aromatic carbocycles. The van der Waals surface area contributed by atoms with Crippen LogP contribution in [0.25, 0.3) is 0 Å². The van der Waals surface area contributed by atoms with Gasteiger partial charge in [0.1, 0.15) is 11.4 Å². The van der Waals surface area contributed by atoms with Gasteiger partial charge in [-0.1, -0.05) is 23.2 Å². The van der Waals surface area contributed by atoms with Crippen LogP contribution in [0.2, 0.25) is 10.0 Å². The van der Waals surface area contributed by atoms with Crippen LogP contribution in [0, 0.1) is 15.9 Å². The van der Waals surface area contributed by atoms with Crippen molar-refractivity contribution >= 4 is 40.5 Å². The highest BCUT2D eigenvalue weighted by molar-refractivity contribution is 6.31. The van der Waals surface area contributed by atoms with Gasteiger partial charge in [-0.05, 0) is 30.3 Å². The fraction of sp³-hybridized carbons (Fsp3) is 0. The molecular formula is C13H7Cl2FN2O3. The van der Waals surface area contributed by atoms with E-state index < -0.39 is 22.3 Å². The molecular weight excluding hydrogens is 322 g/mol. The molecule has 0 atom stereocenters. The topological polar surface area (TPSA) is 72.2 Å². The van der Waals surface area contributed by atoms with Crippen LogP contribution in [0.5, 0.6) is 0 Å². The molecule has 2 rings (SSSR count). The Morgan fingerprint density at radius 1 is 1.14 bits per heavy atom. The van der Waals surface area contributed by atoms with E-state index in [-0.39, 0.29) is 21.3 Å². The average Bonchev–Trinajstić information content (AvgIpc) is 2.41. The quantitative estimate of drug-likeness (QED) is 0.674. The summed E-state index contributed by atoms with van der Waals surface area (Å²) in [6.07, 6.45) is 0. The standard InChI is InChI=1S/C13H7Cl2FN2O3/c14-7-2-4-12(18(20)21)9(5-7)13(19)17-11-3-1-8(15)6-10(11)16/h1-6H,(H,17,19). The number of amides is 1. The SMILES string of the molecule is O=C(Nc1ccc(Cl)cc1F)c1cc(Cl)ccc1[N+](=O)[O-]. The predicted molar refractivity (Wildman–Crippen MR) is 77.5 cm³/mol. The summed E-state index contributed by atoms with van der Waals surface area (Å²) in [7, 11) is 0. The van der Waals surface area contributed by atoms with E-state index in [0.717, 1.165) is 18.2 Å². The maximum atomic E-state index is 13.6. The molecule has 0 saturated heterocycles. The zero-order valence-electron chi connectivity index (χ0n) is 10.3. The van der Waals surface area contributed by atoms with Gasteiger partial charge in [0.15, 0.2) is 0 Å². The number of nitro groups is 1. The second-order valence-corrected chi connectivity index (χ2v) is 4.87. The molecule has 1 N–H and O–H groups in total. The van der Waals surface area contributed by atoms with Gasteiger partial charge in [0, 0.05) is 16.1 Å². The lowest BCUT2D eigenvalue weighted by Gasteiger charge is -2.07. The average molecular weight is 329 g/mol. The molecule has 0 heterocycles. The Balaban J connectivity index is 2.36. The van der Waals surface area contributed by atoms with E-state index in [1.807, 2.05) is 0 Å². The molecule has 1 amide bonds. The van der Waals surface area contributed by atoms with Crippen molar-refractivity contribution in [2.24, 2.45) is 0 Å². The van der Waals surface area contributed by atoms with Crippen molar-refractivity contribution in [3.63, 3.8) is 0 Å². The highest BCUT2D eigenvalue weighted by Crippen LogP contribution is 2.25. The molecule has 0 fully saturated rings. The van der Waals surface area contributed by atoms with Crippen molar-refractivity contribution < 1.29 is 14.1 Å². The molecule has 0 aromatic heterocycles. The Labute approximate surface area is 128 Å². The smallest absolute Gasteiger partial charge is 0.282 e. The Morgan fingerprint density at radius 2 is 1.76 bits per heavy atom. The van der Waals surface area contributed by atoms with Gasteiger partial charge in [-0.15, -0.1) is 0 Å². The van der Waals surface area contributed by atoms with Gasteiger partial charge in [-0.2, -0.15) is 0 Å². The van der Waals surface area contributed by atoms with E-state index in [0.29, 0.717) is 0 Å². The molecule has 0 aliphatic carbocycles. The first-order valence-corrected chi connectivity index (χ1v) is 6.34. The van der Waals surface area contributed by atoms with Crippen molar-refractivity contribution in [1.29, 1.82) is 0 Å². The minimum atomic E-state index is -0.842. The number of hydrogen-bond acceptors (Lipinski definition) is 3. The number of hydrogen-bond donors (Lipinski definition) is 1. The van der Waals surface area contributed by atoms with Crippen LogP contribution < -0.4 is 5.32 Å². The highest BCUT2D eigenvalue weighted by Gasteiger charge is 2.21. The van der Waals surface area contributed by atoms with Crippen molar-refractivity contribution in [2.75, 3.05) is 5.32 Å². The van der Waals surface area contributed by atoms with E-state index in [9.17, 15) is 19.3 Å². The number of rotatable bonds is 3. The number of benzene rings is 2. The van der Waals surface area contributed by atoms with Crippen molar-refractivity contribution in [2.45, 2.75) is 0 Å². The number of anilines is 1. The fourth-order valence-electron chi connectivity index (χ4n) is 1.63. The highest BCUT2D eigenvalue weighted by atomic mass is 35.5. The van der Waals surface area contributed by atoms with Crippen LogP contribution in [-0.4, -0.2) is 10.8 Å². The first-order valence-electron chi connectivity index (χ1n) is 5.59. The van der Waals surface area contributed by atoms with E-state index in [4.69, 9.17) is 23.2 Å². The lowest BCUT2D eigenvalue weighted by molar-refractivity contribution is -0.385. The third-order valence-electron chi connectivity index (χ3n) is 2.58. The van der Waals surface area contributed by atoms with Crippen LogP contribution in [0.4, 0.5) is 15.8 Å². The molecule has 108 valence electrons. The number of nitro benzene ring substituents is 1. The normalized spacial score (nSPS) is 10.2. The largest absolute Gasteiger partial charge is 0.319 e. The maximum Gasteiger partial charge on any atom is 0.282 e. The molecule has 0 saturated carbocycles. The molecule has 21 heavy (non-hydrogen) atoms.